The Bertz CT molecular complexity index is 2430. The molecular formula is C43H43N9O6. The summed E-state index contributed by atoms with van der Waals surface area (Å²) in [5.41, 5.74) is 10.6. The number of amides is 5. The average molecular weight is 782 g/mol. The van der Waals surface area contributed by atoms with Crippen LogP contribution in [0.2, 0.25) is 0 Å². The Balaban J connectivity index is 0.000000573. The first-order valence-electron chi connectivity index (χ1n) is 19.3. The quantitative estimate of drug-likeness (QED) is 0.123. The Hall–Kier alpha value is -6.79. The number of primary amides is 1. The zero-order valence-electron chi connectivity index (χ0n) is 32.1. The molecule has 0 saturated carbocycles. The highest BCUT2D eigenvalue weighted by atomic mass is 16.5. The van der Waals surface area contributed by atoms with Crippen LogP contribution in [0.4, 0.5) is 0 Å². The molecule has 0 unspecified atom stereocenters. The van der Waals surface area contributed by atoms with E-state index in [1.165, 1.54) is 6.07 Å². The van der Waals surface area contributed by atoms with Gasteiger partial charge in [-0.25, -0.2) is 9.97 Å². The lowest BCUT2D eigenvalue weighted by Gasteiger charge is -2.30. The highest BCUT2D eigenvalue weighted by molar-refractivity contribution is 5.98. The molecule has 3 aliphatic rings. The van der Waals surface area contributed by atoms with E-state index >= 15 is 0 Å². The standard InChI is InChI=1S/C38H36N8O4.C5H7NO2/c1-24(47)45-16-17-46-34(23-45)35(44-37(46)25-13-18-50-19-14-25)29-9-4-6-26-20-33(42-22-30(26)29)27-11-12-32(41-21-27)38(49)40-15-3-2-7-28-8-5-10-31(43-28)36(39)48;7-4-2-1-3-5(8)6-4/h4-6,8-12,20-22,25H,3,13-19,23H2,1H3,(H2,39,48)(H,40,49);1-3H2,(H,6,7,8). The molecule has 5 amide bonds. The van der Waals surface area contributed by atoms with Gasteiger partial charge in [-0.1, -0.05) is 30.2 Å². The summed E-state index contributed by atoms with van der Waals surface area (Å²) in [5, 5.41) is 7.00. The summed E-state index contributed by atoms with van der Waals surface area (Å²) >= 11 is 0. The zero-order chi connectivity index (χ0) is 40.6. The second-order valence-corrected chi connectivity index (χ2v) is 14.2. The maximum atomic E-state index is 12.7. The maximum Gasteiger partial charge on any atom is 0.269 e. The van der Waals surface area contributed by atoms with Crippen LogP contribution in [-0.4, -0.2) is 85.2 Å². The number of hydrogen-bond acceptors (Lipinski definition) is 10. The van der Waals surface area contributed by atoms with Crippen LogP contribution in [0, 0.1) is 11.8 Å². The van der Waals surface area contributed by atoms with Crippen LogP contribution in [0.3, 0.4) is 0 Å². The summed E-state index contributed by atoms with van der Waals surface area (Å²) in [6.07, 6.45) is 7.50. The molecule has 0 atom stereocenters. The van der Waals surface area contributed by atoms with Crippen LogP contribution in [0.25, 0.3) is 33.3 Å². The fourth-order valence-electron chi connectivity index (χ4n) is 7.18. The van der Waals surface area contributed by atoms with E-state index in [0.717, 1.165) is 77.4 Å². The molecule has 296 valence electrons. The van der Waals surface area contributed by atoms with Crippen molar-refractivity contribution in [1.82, 2.24) is 40.0 Å². The number of pyridine rings is 3. The van der Waals surface area contributed by atoms with Crippen molar-refractivity contribution < 1.29 is 28.7 Å². The van der Waals surface area contributed by atoms with Crippen molar-refractivity contribution in [3.05, 3.63) is 95.6 Å². The van der Waals surface area contributed by atoms with Gasteiger partial charge in [0.2, 0.25) is 17.7 Å². The van der Waals surface area contributed by atoms with Crippen LogP contribution >= 0.6 is 0 Å². The number of fused-ring (bicyclic) bond motifs is 2. The van der Waals surface area contributed by atoms with Gasteiger partial charge >= 0.3 is 0 Å². The minimum absolute atomic E-state index is 0.0608. The number of ether oxygens (including phenoxy) is 1. The highest BCUT2D eigenvalue weighted by Gasteiger charge is 2.30. The molecule has 0 aliphatic carbocycles. The first kappa shape index (κ1) is 39.4. The summed E-state index contributed by atoms with van der Waals surface area (Å²) < 4.78 is 7.96. The lowest BCUT2D eigenvalue weighted by atomic mass is 9.99. The van der Waals surface area contributed by atoms with E-state index in [-0.39, 0.29) is 35.0 Å². The van der Waals surface area contributed by atoms with Crippen LogP contribution in [0.5, 0.6) is 0 Å². The molecule has 2 saturated heterocycles. The van der Waals surface area contributed by atoms with Gasteiger partial charge in [0, 0.05) is 93.9 Å². The van der Waals surface area contributed by atoms with Gasteiger partial charge < -0.3 is 25.3 Å². The monoisotopic (exact) mass is 781 g/mol. The number of benzene rings is 1. The lowest BCUT2D eigenvalue weighted by molar-refractivity contribution is -0.133. The van der Waals surface area contributed by atoms with Crippen LogP contribution in [0.1, 0.15) is 89.6 Å². The lowest BCUT2D eigenvalue weighted by Crippen LogP contribution is -2.37. The van der Waals surface area contributed by atoms with Crippen LogP contribution in [-0.2, 0) is 32.2 Å². The number of aromatic nitrogens is 5. The topological polar surface area (TPSA) is 204 Å². The Morgan fingerprint density at radius 1 is 0.948 bits per heavy atom. The molecule has 8 rings (SSSR count). The highest BCUT2D eigenvalue weighted by Crippen LogP contribution is 2.37. The van der Waals surface area contributed by atoms with E-state index in [1.54, 1.807) is 31.3 Å². The molecule has 58 heavy (non-hydrogen) atoms. The number of hydrogen-bond donors (Lipinski definition) is 3. The van der Waals surface area contributed by atoms with Gasteiger partial charge in [0.25, 0.3) is 11.8 Å². The van der Waals surface area contributed by atoms with Crippen molar-refractivity contribution in [2.24, 2.45) is 5.73 Å². The predicted molar refractivity (Wildman–Crippen MR) is 214 cm³/mol. The fourth-order valence-corrected chi connectivity index (χ4v) is 7.18. The number of carbonyl (C=O) groups is 5. The van der Waals surface area contributed by atoms with Crippen molar-refractivity contribution in [1.29, 1.82) is 0 Å². The molecule has 0 radical (unpaired) electrons. The number of rotatable bonds is 7. The molecule has 5 aromatic rings. The number of imidazole rings is 1. The van der Waals surface area contributed by atoms with Crippen molar-refractivity contribution >= 4 is 40.3 Å². The second-order valence-electron chi connectivity index (χ2n) is 14.2. The van der Waals surface area contributed by atoms with Gasteiger partial charge in [0.05, 0.1) is 23.6 Å². The largest absolute Gasteiger partial charge is 0.381 e. The second kappa shape index (κ2) is 18.0. The molecule has 2 fully saturated rings. The van der Waals surface area contributed by atoms with Crippen molar-refractivity contribution in [3.8, 4) is 34.4 Å². The van der Waals surface area contributed by atoms with Crippen LogP contribution < -0.4 is 16.4 Å². The average Bonchev–Trinajstić information content (AvgIpc) is 3.62. The molecule has 4 aromatic heterocycles. The summed E-state index contributed by atoms with van der Waals surface area (Å²) in [5.74, 6) is 6.07. The van der Waals surface area contributed by atoms with E-state index in [1.807, 2.05) is 29.3 Å². The number of nitrogens with one attached hydrogen (secondary N) is 2. The van der Waals surface area contributed by atoms with Gasteiger partial charge in [-0.3, -0.25) is 39.3 Å². The van der Waals surface area contributed by atoms with Crippen molar-refractivity contribution in [2.45, 2.75) is 64.5 Å². The fraction of sp³-hybridized carbons (Fsp3) is 0.326. The molecule has 0 bridgehead atoms. The minimum atomic E-state index is -0.614. The number of nitrogens with zero attached hydrogens (tertiary/aromatic N) is 6. The summed E-state index contributed by atoms with van der Waals surface area (Å²) in [7, 11) is 0. The number of piperidine rings is 1. The van der Waals surface area contributed by atoms with Crippen molar-refractivity contribution in [3.63, 3.8) is 0 Å². The van der Waals surface area contributed by atoms with E-state index in [9.17, 15) is 24.0 Å². The van der Waals surface area contributed by atoms with Gasteiger partial charge in [0.1, 0.15) is 22.9 Å². The summed E-state index contributed by atoms with van der Waals surface area (Å²) in [6, 6.07) is 16.6. The molecule has 0 spiro atoms. The predicted octanol–water partition coefficient (Wildman–Crippen LogP) is 3.90. The minimum Gasteiger partial charge on any atom is -0.381 e. The normalized spacial score (nSPS) is 15.3. The van der Waals surface area contributed by atoms with Gasteiger partial charge in [-0.15, -0.1) is 0 Å². The van der Waals surface area contributed by atoms with E-state index < -0.39 is 5.91 Å². The maximum absolute atomic E-state index is 12.7. The van der Waals surface area contributed by atoms with Gasteiger partial charge in [-0.05, 0) is 60.9 Å². The van der Waals surface area contributed by atoms with Crippen LogP contribution in [0.15, 0.2) is 67.0 Å². The Kier molecular flexibility index (Phi) is 12.2. The molecule has 3 aliphatic heterocycles. The third-order valence-corrected chi connectivity index (χ3v) is 10.2. The molecule has 15 nitrogen and oxygen atoms in total. The zero-order valence-corrected chi connectivity index (χ0v) is 32.1. The number of carbonyl (C=O) groups excluding carboxylic acids is 5. The molecule has 1 aromatic carbocycles. The molecule has 4 N–H and O–H groups in total. The Morgan fingerprint density at radius 3 is 2.45 bits per heavy atom. The molecule has 15 heteroatoms. The van der Waals surface area contributed by atoms with E-state index in [4.69, 9.17) is 20.4 Å². The van der Waals surface area contributed by atoms with Gasteiger partial charge in [-0.2, -0.15) is 0 Å². The number of imide groups is 1. The van der Waals surface area contributed by atoms with Gasteiger partial charge in [0.15, 0.2) is 0 Å². The molecule has 7 heterocycles. The Labute approximate surface area is 334 Å². The SMILES string of the molecule is CC(=O)N1CCn2c(C3CCOCC3)nc(-c3cccc4cc(-c5ccc(C(=O)NCCC#Cc6cccc(C(N)=O)n6)nc5)ncc34)c2C1.O=C1CCCC(=O)N1. The third-order valence-electron chi connectivity index (χ3n) is 10.2. The number of nitrogens with two attached hydrogens (primary N) is 1. The first-order chi connectivity index (χ1) is 28.1. The molecular weight excluding hydrogens is 739 g/mol. The smallest absolute Gasteiger partial charge is 0.269 e. The summed E-state index contributed by atoms with van der Waals surface area (Å²) in [4.78, 5) is 77.5. The van der Waals surface area contributed by atoms with E-state index in [0.29, 0.717) is 56.9 Å². The first-order valence-corrected chi connectivity index (χ1v) is 19.3. The van der Waals surface area contributed by atoms with Crippen molar-refractivity contribution in [2.75, 3.05) is 26.3 Å². The third kappa shape index (κ3) is 9.25. The Morgan fingerprint density at radius 2 is 1.74 bits per heavy atom. The van der Waals surface area contributed by atoms with E-state index in [2.05, 4.69) is 49.1 Å². The summed E-state index contributed by atoms with van der Waals surface area (Å²) in [6.45, 7) is 5.32.